The van der Waals surface area contributed by atoms with Gasteiger partial charge in [0, 0.05) is 6.07 Å². The van der Waals surface area contributed by atoms with Crippen molar-refractivity contribution in [3.8, 4) is 11.5 Å². The molecule has 0 saturated carbocycles. The zero-order chi connectivity index (χ0) is 10.6. The quantitative estimate of drug-likeness (QED) is 0.454. The van der Waals surface area contributed by atoms with E-state index in [4.69, 9.17) is 15.3 Å². The molecule has 4 nitrogen and oxygen atoms in total. The summed E-state index contributed by atoms with van der Waals surface area (Å²) in [5, 5.41) is 0. The van der Waals surface area contributed by atoms with Crippen LogP contribution >= 0.6 is 11.8 Å². The van der Waals surface area contributed by atoms with Gasteiger partial charge in [-0.2, -0.15) is 0 Å². The first-order chi connectivity index (χ1) is 6.76. The maximum Gasteiger partial charge on any atom is 0.144 e. The molecule has 0 radical (unpaired) electrons. The minimum atomic E-state index is 0.706. The number of hydrogen-bond acceptors (Lipinski definition) is 5. The molecule has 0 amide bonds. The molecule has 0 aliphatic heterocycles. The third-order valence-electron chi connectivity index (χ3n) is 1.86. The fourth-order valence-electron chi connectivity index (χ4n) is 1.14. The molecule has 1 aromatic carbocycles. The van der Waals surface area contributed by atoms with Crippen molar-refractivity contribution in [3.63, 3.8) is 0 Å². The van der Waals surface area contributed by atoms with Crippen LogP contribution in [0.2, 0.25) is 0 Å². The first-order valence-electron chi connectivity index (χ1n) is 4.03. The Morgan fingerprint density at radius 2 is 1.86 bits per heavy atom. The third kappa shape index (κ3) is 2.05. The fourth-order valence-corrected chi connectivity index (χ4v) is 1.71. The van der Waals surface area contributed by atoms with Gasteiger partial charge in [0.2, 0.25) is 0 Å². The molecule has 0 aromatic heterocycles. The Labute approximate surface area is 87.7 Å². The van der Waals surface area contributed by atoms with Gasteiger partial charge in [-0.05, 0) is 12.3 Å². The highest BCUT2D eigenvalue weighted by Crippen LogP contribution is 2.36. The van der Waals surface area contributed by atoms with Crippen LogP contribution in [0, 0.1) is 0 Å². The van der Waals surface area contributed by atoms with E-state index in [1.165, 1.54) is 0 Å². The molecular weight excluding hydrogens is 200 g/mol. The summed E-state index contributed by atoms with van der Waals surface area (Å²) >= 11 is 1.60. The number of nitrogens with one attached hydrogen (secondary N) is 1. The molecule has 3 N–H and O–H groups in total. The highest BCUT2D eigenvalue weighted by molar-refractivity contribution is 7.98. The molecule has 0 fully saturated rings. The largest absolute Gasteiger partial charge is 0.496 e. The molecule has 5 heteroatoms. The van der Waals surface area contributed by atoms with E-state index in [0.29, 0.717) is 11.4 Å². The van der Waals surface area contributed by atoms with E-state index in [9.17, 15) is 0 Å². The average molecular weight is 214 g/mol. The zero-order valence-electron chi connectivity index (χ0n) is 8.46. The summed E-state index contributed by atoms with van der Waals surface area (Å²) in [6.45, 7) is 0. The lowest BCUT2D eigenvalue weighted by molar-refractivity contribution is 0.395. The van der Waals surface area contributed by atoms with Crippen LogP contribution in [-0.4, -0.2) is 20.5 Å². The second-order valence-electron chi connectivity index (χ2n) is 2.55. The van der Waals surface area contributed by atoms with Crippen LogP contribution < -0.4 is 20.7 Å². The van der Waals surface area contributed by atoms with Gasteiger partial charge in [0.15, 0.2) is 0 Å². The molecule has 0 aliphatic carbocycles. The van der Waals surface area contributed by atoms with Gasteiger partial charge in [0.1, 0.15) is 11.5 Å². The predicted octanol–water partition coefficient (Wildman–Crippen LogP) is 1.71. The second kappa shape index (κ2) is 4.97. The lowest BCUT2D eigenvalue weighted by Gasteiger charge is -2.12. The van der Waals surface area contributed by atoms with Crippen molar-refractivity contribution in [1.82, 2.24) is 0 Å². The Morgan fingerprint density at radius 1 is 1.21 bits per heavy atom. The Hall–Kier alpha value is -1.07. The van der Waals surface area contributed by atoms with Gasteiger partial charge in [-0.1, -0.05) is 0 Å². The number of ether oxygens (including phenoxy) is 2. The van der Waals surface area contributed by atoms with Gasteiger partial charge < -0.3 is 14.9 Å². The van der Waals surface area contributed by atoms with E-state index in [1.807, 2.05) is 18.4 Å². The minimum absolute atomic E-state index is 0.706. The van der Waals surface area contributed by atoms with Gasteiger partial charge in [0.05, 0.1) is 24.8 Å². The number of thioether (sulfide) groups is 1. The van der Waals surface area contributed by atoms with Crippen LogP contribution in [0.5, 0.6) is 11.5 Å². The van der Waals surface area contributed by atoms with Crippen molar-refractivity contribution in [2.24, 2.45) is 5.84 Å². The molecule has 1 rings (SSSR count). The zero-order valence-corrected chi connectivity index (χ0v) is 9.27. The summed E-state index contributed by atoms with van der Waals surface area (Å²) in [4.78, 5) is 1.02. The number of benzene rings is 1. The molecule has 0 heterocycles. The van der Waals surface area contributed by atoms with Crippen molar-refractivity contribution in [2.45, 2.75) is 4.90 Å². The maximum atomic E-state index is 5.35. The first kappa shape index (κ1) is 11.0. The van der Waals surface area contributed by atoms with Gasteiger partial charge in [-0.15, -0.1) is 11.8 Å². The fraction of sp³-hybridized carbons (Fsp3) is 0.333. The molecule has 0 aliphatic rings. The molecule has 0 spiro atoms. The Morgan fingerprint density at radius 3 is 2.29 bits per heavy atom. The van der Waals surface area contributed by atoms with Crippen LogP contribution in [0.4, 0.5) is 5.69 Å². The van der Waals surface area contributed by atoms with E-state index < -0.39 is 0 Å². The Bertz CT molecular complexity index is 260. The number of hydrogen-bond donors (Lipinski definition) is 2. The molecule has 1 aromatic rings. The maximum absolute atomic E-state index is 5.35. The standard InChI is InChI=1S/C9H14N2O2S/c1-12-7-5-9(14-3)8(13-2)4-6(7)11-10/h4-5,11H,10H2,1-3H3. The van der Waals surface area contributed by atoms with Crippen molar-refractivity contribution in [1.29, 1.82) is 0 Å². The molecule has 0 bridgehead atoms. The third-order valence-corrected chi connectivity index (χ3v) is 2.62. The van der Waals surface area contributed by atoms with Gasteiger partial charge in [0.25, 0.3) is 0 Å². The normalized spacial score (nSPS) is 9.71. The monoisotopic (exact) mass is 214 g/mol. The molecule has 0 atom stereocenters. The molecule has 0 unspecified atom stereocenters. The SMILES string of the molecule is COc1cc(SC)c(OC)cc1NN. The molecule has 0 saturated heterocycles. The Balaban J connectivity index is 3.20. The minimum Gasteiger partial charge on any atom is -0.496 e. The predicted molar refractivity (Wildman–Crippen MR) is 59.1 cm³/mol. The number of methoxy groups -OCH3 is 2. The van der Waals surface area contributed by atoms with E-state index in [0.717, 1.165) is 10.6 Å². The van der Waals surface area contributed by atoms with Crippen LogP contribution in [0.15, 0.2) is 17.0 Å². The van der Waals surface area contributed by atoms with Gasteiger partial charge in [-0.25, -0.2) is 0 Å². The van der Waals surface area contributed by atoms with E-state index in [1.54, 1.807) is 26.0 Å². The van der Waals surface area contributed by atoms with E-state index >= 15 is 0 Å². The Kier molecular flexibility index (Phi) is 3.91. The number of hydrazine groups is 1. The number of anilines is 1. The summed E-state index contributed by atoms with van der Waals surface area (Å²) < 4.78 is 10.4. The van der Waals surface area contributed by atoms with E-state index in [-0.39, 0.29) is 0 Å². The van der Waals surface area contributed by atoms with Gasteiger partial charge >= 0.3 is 0 Å². The highest BCUT2D eigenvalue weighted by atomic mass is 32.2. The summed E-state index contributed by atoms with van der Waals surface area (Å²) in [6.07, 6.45) is 1.98. The van der Waals surface area contributed by atoms with Crippen molar-refractivity contribution >= 4 is 17.4 Å². The number of nitrogens with two attached hydrogens (primary N) is 1. The van der Waals surface area contributed by atoms with Gasteiger partial charge in [-0.3, -0.25) is 5.84 Å². The smallest absolute Gasteiger partial charge is 0.144 e. The van der Waals surface area contributed by atoms with Crippen LogP contribution in [0.3, 0.4) is 0 Å². The highest BCUT2D eigenvalue weighted by Gasteiger charge is 2.09. The average Bonchev–Trinajstić information content (AvgIpc) is 2.26. The molecular formula is C9H14N2O2S. The lowest BCUT2D eigenvalue weighted by Crippen LogP contribution is -2.08. The van der Waals surface area contributed by atoms with Crippen molar-refractivity contribution in [3.05, 3.63) is 12.1 Å². The van der Waals surface area contributed by atoms with Crippen molar-refractivity contribution < 1.29 is 9.47 Å². The lowest BCUT2D eigenvalue weighted by atomic mass is 10.3. The van der Waals surface area contributed by atoms with Crippen LogP contribution in [0.25, 0.3) is 0 Å². The summed E-state index contributed by atoms with van der Waals surface area (Å²) in [5.41, 5.74) is 3.27. The van der Waals surface area contributed by atoms with E-state index in [2.05, 4.69) is 5.43 Å². The number of rotatable bonds is 4. The van der Waals surface area contributed by atoms with Crippen LogP contribution in [-0.2, 0) is 0 Å². The topological polar surface area (TPSA) is 56.5 Å². The first-order valence-corrected chi connectivity index (χ1v) is 5.26. The summed E-state index contributed by atoms with van der Waals surface area (Å²) in [5.74, 6) is 6.84. The van der Waals surface area contributed by atoms with Crippen LogP contribution in [0.1, 0.15) is 0 Å². The summed E-state index contributed by atoms with van der Waals surface area (Å²) in [7, 11) is 3.23. The second-order valence-corrected chi connectivity index (χ2v) is 3.40. The van der Waals surface area contributed by atoms with Crippen molar-refractivity contribution in [2.75, 3.05) is 25.9 Å². The summed E-state index contributed by atoms with van der Waals surface area (Å²) in [6, 6.07) is 3.70. The molecule has 78 valence electrons. The number of nitrogen functional groups attached to an aromatic ring is 1. The molecule has 14 heavy (non-hydrogen) atoms.